The van der Waals surface area contributed by atoms with Crippen LogP contribution in [0.1, 0.15) is 5.56 Å². The summed E-state index contributed by atoms with van der Waals surface area (Å²) in [6.07, 6.45) is 0.971. The van der Waals surface area contributed by atoms with E-state index < -0.39 is 0 Å². The number of para-hydroxylation sites is 1. The SMILES string of the molecule is CN1CCN(C(=O)NCC2COc3ccccc3C2)CC1. The molecule has 1 saturated heterocycles. The number of urea groups is 1. The molecule has 1 aromatic carbocycles. The Bertz CT molecular complexity index is 498. The van der Waals surface area contributed by atoms with Gasteiger partial charge >= 0.3 is 6.03 Å². The third kappa shape index (κ3) is 3.47. The van der Waals surface area contributed by atoms with Crippen molar-refractivity contribution in [1.29, 1.82) is 0 Å². The summed E-state index contributed by atoms with van der Waals surface area (Å²) in [6.45, 7) is 4.89. The van der Waals surface area contributed by atoms with E-state index in [4.69, 9.17) is 4.74 Å². The lowest BCUT2D eigenvalue weighted by molar-refractivity contribution is 0.150. The second-order valence-corrected chi connectivity index (χ2v) is 5.97. The van der Waals surface area contributed by atoms with E-state index in [9.17, 15) is 4.79 Å². The molecular formula is C16H23N3O2. The Balaban J connectivity index is 1.47. The van der Waals surface area contributed by atoms with Gasteiger partial charge in [0, 0.05) is 38.6 Å². The number of carbonyl (C=O) groups excluding carboxylic acids is 1. The molecule has 0 radical (unpaired) electrons. The molecular weight excluding hydrogens is 266 g/mol. The topological polar surface area (TPSA) is 44.8 Å². The Hall–Kier alpha value is -1.75. The van der Waals surface area contributed by atoms with E-state index >= 15 is 0 Å². The summed E-state index contributed by atoms with van der Waals surface area (Å²) in [4.78, 5) is 16.3. The minimum absolute atomic E-state index is 0.0574. The Morgan fingerprint density at radius 3 is 2.86 bits per heavy atom. The van der Waals surface area contributed by atoms with Gasteiger partial charge in [-0.25, -0.2) is 4.79 Å². The van der Waals surface area contributed by atoms with Crippen LogP contribution in [0.15, 0.2) is 24.3 Å². The number of rotatable bonds is 2. The number of nitrogens with zero attached hydrogens (tertiary/aromatic N) is 2. The van der Waals surface area contributed by atoms with Crippen molar-refractivity contribution in [2.24, 2.45) is 5.92 Å². The van der Waals surface area contributed by atoms with E-state index in [1.165, 1.54) is 5.56 Å². The van der Waals surface area contributed by atoms with Gasteiger partial charge in [0.25, 0.3) is 0 Å². The number of nitrogens with one attached hydrogen (secondary N) is 1. The first-order valence-corrected chi connectivity index (χ1v) is 7.64. The molecule has 2 aliphatic rings. The van der Waals surface area contributed by atoms with Crippen LogP contribution in [0.3, 0.4) is 0 Å². The molecule has 114 valence electrons. The minimum atomic E-state index is 0.0574. The summed E-state index contributed by atoms with van der Waals surface area (Å²) >= 11 is 0. The maximum Gasteiger partial charge on any atom is 0.317 e. The molecule has 5 heteroatoms. The summed E-state index contributed by atoms with van der Waals surface area (Å²) in [5.74, 6) is 1.34. The van der Waals surface area contributed by atoms with Gasteiger partial charge in [0.05, 0.1) is 6.61 Å². The highest BCUT2D eigenvalue weighted by molar-refractivity contribution is 5.74. The van der Waals surface area contributed by atoms with Gasteiger partial charge in [-0.2, -0.15) is 0 Å². The predicted molar refractivity (Wildman–Crippen MR) is 81.6 cm³/mol. The summed E-state index contributed by atoms with van der Waals surface area (Å²) in [7, 11) is 2.09. The lowest BCUT2D eigenvalue weighted by atomic mass is 9.97. The van der Waals surface area contributed by atoms with Gasteiger partial charge in [0.15, 0.2) is 0 Å². The van der Waals surface area contributed by atoms with Crippen molar-refractivity contribution in [2.45, 2.75) is 6.42 Å². The molecule has 1 fully saturated rings. The number of amides is 2. The molecule has 2 aliphatic heterocycles. The number of carbonyl (C=O) groups is 1. The largest absolute Gasteiger partial charge is 0.493 e. The molecule has 2 amide bonds. The molecule has 2 heterocycles. The van der Waals surface area contributed by atoms with E-state index in [1.807, 2.05) is 23.1 Å². The molecule has 1 unspecified atom stereocenters. The number of hydrogen-bond donors (Lipinski definition) is 1. The van der Waals surface area contributed by atoms with Crippen molar-refractivity contribution >= 4 is 6.03 Å². The molecule has 3 rings (SSSR count). The van der Waals surface area contributed by atoms with E-state index in [0.717, 1.165) is 38.3 Å². The zero-order valence-corrected chi connectivity index (χ0v) is 12.5. The third-order valence-electron chi connectivity index (χ3n) is 4.29. The summed E-state index contributed by atoms with van der Waals surface area (Å²) in [6, 6.07) is 8.20. The number of hydrogen-bond acceptors (Lipinski definition) is 3. The van der Waals surface area contributed by atoms with Crippen molar-refractivity contribution in [3.63, 3.8) is 0 Å². The van der Waals surface area contributed by atoms with Crippen LogP contribution in [0.2, 0.25) is 0 Å². The van der Waals surface area contributed by atoms with Crippen molar-refractivity contribution in [3.05, 3.63) is 29.8 Å². The summed E-state index contributed by atoms with van der Waals surface area (Å²) in [5, 5.41) is 3.06. The Morgan fingerprint density at radius 2 is 2.05 bits per heavy atom. The summed E-state index contributed by atoms with van der Waals surface area (Å²) < 4.78 is 5.76. The highest BCUT2D eigenvalue weighted by atomic mass is 16.5. The number of piperazine rings is 1. The predicted octanol–water partition coefficient (Wildman–Crippen LogP) is 1.19. The zero-order chi connectivity index (χ0) is 14.7. The van der Waals surface area contributed by atoms with Gasteiger partial charge < -0.3 is 19.9 Å². The van der Waals surface area contributed by atoms with Crippen molar-refractivity contribution in [3.8, 4) is 5.75 Å². The van der Waals surface area contributed by atoms with Crippen molar-refractivity contribution in [2.75, 3.05) is 46.4 Å². The lowest BCUT2D eigenvalue weighted by Gasteiger charge is -2.33. The average Bonchev–Trinajstić information content (AvgIpc) is 2.53. The number of likely N-dealkylation sites (N-methyl/N-ethyl adjacent to an activating group) is 1. The number of ether oxygens (including phenoxy) is 1. The maximum absolute atomic E-state index is 12.1. The fourth-order valence-electron chi connectivity index (χ4n) is 2.87. The first kappa shape index (κ1) is 14.2. The van der Waals surface area contributed by atoms with E-state index in [1.54, 1.807) is 0 Å². The molecule has 21 heavy (non-hydrogen) atoms. The molecule has 0 aromatic heterocycles. The normalized spacial score (nSPS) is 22.3. The molecule has 1 atom stereocenters. The van der Waals surface area contributed by atoms with E-state index in [0.29, 0.717) is 19.1 Å². The van der Waals surface area contributed by atoms with Crippen LogP contribution in [0.5, 0.6) is 5.75 Å². The quantitative estimate of drug-likeness (QED) is 0.889. The fourth-order valence-corrected chi connectivity index (χ4v) is 2.87. The Labute approximate surface area is 125 Å². The van der Waals surface area contributed by atoms with Gasteiger partial charge in [-0.3, -0.25) is 0 Å². The van der Waals surface area contributed by atoms with Crippen LogP contribution in [0.4, 0.5) is 4.79 Å². The zero-order valence-electron chi connectivity index (χ0n) is 12.5. The number of benzene rings is 1. The molecule has 1 aromatic rings. The standard InChI is InChI=1S/C16H23N3O2/c1-18-6-8-19(9-7-18)16(20)17-11-13-10-14-4-2-3-5-15(14)21-12-13/h2-5,13H,6-12H2,1H3,(H,17,20). The maximum atomic E-state index is 12.1. The van der Waals surface area contributed by atoms with Gasteiger partial charge in [-0.05, 0) is 25.1 Å². The molecule has 0 bridgehead atoms. The molecule has 0 saturated carbocycles. The molecule has 0 aliphatic carbocycles. The first-order valence-electron chi connectivity index (χ1n) is 7.64. The second-order valence-electron chi connectivity index (χ2n) is 5.97. The molecule has 1 N–H and O–H groups in total. The van der Waals surface area contributed by atoms with Crippen LogP contribution >= 0.6 is 0 Å². The lowest BCUT2D eigenvalue weighted by Crippen LogP contribution is -2.51. The highest BCUT2D eigenvalue weighted by Gasteiger charge is 2.22. The fraction of sp³-hybridized carbons (Fsp3) is 0.562. The van der Waals surface area contributed by atoms with Gasteiger partial charge in [0.1, 0.15) is 5.75 Å². The van der Waals surface area contributed by atoms with Crippen molar-refractivity contribution in [1.82, 2.24) is 15.1 Å². The third-order valence-corrected chi connectivity index (χ3v) is 4.29. The Kier molecular flexibility index (Phi) is 4.29. The van der Waals surface area contributed by atoms with E-state index in [2.05, 4.69) is 23.3 Å². The Morgan fingerprint density at radius 1 is 1.29 bits per heavy atom. The van der Waals surface area contributed by atoms with Gasteiger partial charge in [0.2, 0.25) is 0 Å². The van der Waals surface area contributed by atoms with Crippen LogP contribution in [0, 0.1) is 5.92 Å². The average molecular weight is 289 g/mol. The van der Waals surface area contributed by atoms with Gasteiger partial charge in [-0.1, -0.05) is 18.2 Å². The minimum Gasteiger partial charge on any atom is -0.493 e. The van der Waals surface area contributed by atoms with Crippen LogP contribution < -0.4 is 10.1 Å². The first-order chi connectivity index (χ1) is 10.2. The van der Waals surface area contributed by atoms with Crippen LogP contribution in [-0.4, -0.2) is 62.2 Å². The van der Waals surface area contributed by atoms with Crippen LogP contribution in [0.25, 0.3) is 0 Å². The highest BCUT2D eigenvalue weighted by Crippen LogP contribution is 2.26. The monoisotopic (exact) mass is 289 g/mol. The van der Waals surface area contributed by atoms with Crippen molar-refractivity contribution < 1.29 is 9.53 Å². The van der Waals surface area contributed by atoms with E-state index in [-0.39, 0.29) is 6.03 Å². The molecule has 5 nitrogen and oxygen atoms in total. The van der Waals surface area contributed by atoms with Gasteiger partial charge in [-0.15, -0.1) is 0 Å². The second kappa shape index (κ2) is 6.35. The smallest absolute Gasteiger partial charge is 0.317 e. The number of fused-ring (bicyclic) bond motifs is 1. The van der Waals surface area contributed by atoms with Crippen LogP contribution in [-0.2, 0) is 6.42 Å². The summed E-state index contributed by atoms with van der Waals surface area (Å²) in [5.41, 5.74) is 1.24. The molecule has 0 spiro atoms.